The van der Waals surface area contributed by atoms with Gasteiger partial charge >= 0.3 is 6.18 Å². The highest BCUT2D eigenvalue weighted by Gasteiger charge is 2.42. The monoisotopic (exact) mass is 355 g/mol. The quantitative estimate of drug-likeness (QED) is 0.834. The first-order valence-electron chi connectivity index (χ1n) is 8.67. The third-order valence-corrected chi connectivity index (χ3v) is 5.31. The molecule has 0 saturated carbocycles. The molecular weight excluding hydrogens is 331 g/mol. The van der Waals surface area contributed by atoms with E-state index in [0.717, 1.165) is 18.0 Å². The van der Waals surface area contributed by atoms with Crippen LogP contribution in [0.2, 0.25) is 0 Å². The third kappa shape index (κ3) is 3.92. The van der Waals surface area contributed by atoms with Crippen molar-refractivity contribution in [3.05, 3.63) is 29.3 Å². The number of benzene rings is 1. The van der Waals surface area contributed by atoms with Crippen LogP contribution in [0.3, 0.4) is 0 Å². The largest absolute Gasteiger partial charge is 0.406 e. The second-order valence-electron chi connectivity index (χ2n) is 6.92. The zero-order valence-electron chi connectivity index (χ0n) is 14.6. The Morgan fingerprint density at radius 1 is 1.08 bits per heavy atom. The molecule has 25 heavy (non-hydrogen) atoms. The molecule has 0 radical (unpaired) electrons. The molecule has 0 spiro atoms. The van der Waals surface area contributed by atoms with E-state index in [0.29, 0.717) is 19.5 Å². The zero-order chi connectivity index (χ0) is 18.2. The van der Waals surface area contributed by atoms with E-state index in [4.69, 9.17) is 0 Å². The molecule has 2 heterocycles. The molecule has 3 rings (SSSR count). The van der Waals surface area contributed by atoms with E-state index in [1.807, 2.05) is 11.0 Å². The normalized spacial score (nSPS) is 22.8. The van der Waals surface area contributed by atoms with Crippen LogP contribution in [-0.2, 0) is 4.79 Å². The average molecular weight is 355 g/mol. The number of aryl methyl sites for hydroxylation is 1. The van der Waals surface area contributed by atoms with Gasteiger partial charge in [-0.25, -0.2) is 0 Å². The van der Waals surface area contributed by atoms with Crippen molar-refractivity contribution in [2.24, 2.45) is 0 Å². The number of halogens is 3. The number of hydrogen-bond acceptors (Lipinski definition) is 3. The molecule has 1 aromatic carbocycles. The molecule has 1 amide bonds. The molecule has 4 nitrogen and oxygen atoms in total. The Kier molecular flexibility index (Phi) is 4.95. The first kappa shape index (κ1) is 18.0. The van der Waals surface area contributed by atoms with Crippen LogP contribution in [-0.4, -0.2) is 67.2 Å². The minimum atomic E-state index is -4.33. The van der Waals surface area contributed by atoms with E-state index in [1.54, 1.807) is 0 Å². The number of alkyl halides is 3. The second kappa shape index (κ2) is 6.86. The Labute approximate surface area is 146 Å². The average Bonchev–Trinajstić information content (AvgIpc) is 2.89. The van der Waals surface area contributed by atoms with Gasteiger partial charge in [-0.15, -0.1) is 0 Å². The van der Waals surface area contributed by atoms with Gasteiger partial charge in [0.2, 0.25) is 5.91 Å². The number of hydrogen-bond donors (Lipinski definition) is 0. The van der Waals surface area contributed by atoms with Gasteiger partial charge in [-0.1, -0.05) is 12.1 Å². The first-order chi connectivity index (χ1) is 11.8. The maximum atomic E-state index is 12.5. The lowest BCUT2D eigenvalue weighted by Crippen LogP contribution is -2.53. The van der Waals surface area contributed by atoms with Crippen LogP contribution in [0, 0.1) is 13.8 Å². The van der Waals surface area contributed by atoms with E-state index in [2.05, 4.69) is 30.9 Å². The van der Waals surface area contributed by atoms with Crippen molar-refractivity contribution in [2.75, 3.05) is 44.2 Å². The number of nitrogens with zero attached hydrogens (tertiary/aromatic N) is 3. The number of rotatable bonds is 3. The van der Waals surface area contributed by atoms with Gasteiger partial charge in [0.15, 0.2) is 0 Å². The van der Waals surface area contributed by atoms with Crippen molar-refractivity contribution in [1.82, 2.24) is 9.80 Å². The lowest BCUT2D eigenvalue weighted by Gasteiger charge is -2.39. The fourth-order valence-electron chi connectivity index (χ4n) is 3.79. The van der Waals surface area contributed by atoms with Crippen LogP contribution in [0.1, 0.15) is 17.5 Å². The van der Waals surface area contributed by atoms with Crippen LogP contribution < -0.4 is 4.90 Å². The van der Waals surface area contributed by atoms with Gasteiger partial charge < -0.3 is 9.80 Å². The van der Waals surface area contributed by atoms with Crippen LogP contribution in [0.5, 0.6) is 0 Å². The van der Waals surface area contributed by atoms with Gasteiger partial charge in [-0.05, 0) is 37.5 Å². The molecule has 0 aliphatic carbocycles. The Hall–Kier alpha value is -1.76. The third-order valence-electron chi connectivity index (χ3n) is 5.31. The van der Waals surface area contributed by atoms with Crippen LogP contribution in [0.15, 0.2) is 18.2 Å². The molecule has 2 aliphatic rings. The SMILES string of the molecule is Cc1cccc(N2CCN(C3CCN(CC(F)(F)F)C3=O)CC2)c1C. The van der Waals surface area contributed by atoms with Crippen molar-refractivity contribution < 1.29 is 18.0 Å². The van der Waals surface area contributed by atoms with Crippen LogP contribution in [0.25, 0.3) is 0 Å². The van der Waals surface area contributed by atoms with E-state index in [1.165, 1.54) is 16.8 Å². The van der Waals surface area contributed by atoms with E-state index in [9.17, 15) is 18.0 Å². The molecule has 1 atom stereocenters. The van der Waals surface area contributed by atoms with Crippen molar-refractivity contribution in [3.8, 4) is 0 Å². The Morgan fingerprint density at radius 2 is 1.76 bits per heavy atom. The molecule has 2 fully saturated rings. The lowest BCUT2D eigenvalue weighted by atomic mass is 10.1. The summed E-state index contributed by atoms with van der Waals surface area (Å²) in [6.45, 7) is 6.22. The smallest absolute Gasteiger partial charge is 0.369 e. The molecule has 0 bridgehead atoms. The molecule has 0 N–H and O–H groups in total. The predicted molar refractivity (Wildman–Crippen MR) is 90.7 cm³/mol. The molecule has 138 valence electrons. The van der Waals surface area contributed by atoms with Gasteiger partial charge in [-0.3, -0.25) is 9.69 Å². The van der Waals surface area contributed by atoms with Crippen molar-refractivity contribution in [3.63, 3.8) is 0 Å². The van der Waals surface area contributed by atoms with E-state index < -0.39 is 18.8 Å². The molecule has 2 aliphatic heterocycles. The number of anilines is 1. The van der Waals surface area contributed by atoms with Crippen molar-refractivity contribution in [1.29, 1.82) is 0 Å². The fourth-order valence-corrected chi connectivity index (χ4v) is 3.79. The highest BCUT2D eigenvalue weighted by Crippen LogP contribution is 2.27. The van der Waals surface area contributed by atoms with Crippen LogP contribution >= 0.6 is 0 Å². The van der Waals surface area contributed by atoms with Gasteiger partial charge in [0.05, 0.1) is 6.04 Å². The van der Waals surface area contributed by atoms with Crippen molar-refractivity contribution >= 4 is 11.6 Å². The van der Waals surface area contributed by atoms with E-state index in [-0.39, 0.29) is 12.5 Å². The minimum absolute atomic E-state index is 0.195. The molecule has 1 unspecified atom stereocenters. The summed E-state index contributed by atoms with van der Waals surface area (Å²) in [5.41, 5.74) is 3.70. The van der Waals surface area contributed by atoms with Gasteiger partial charge in [0.25, 0.3) is 0 Å². The predicted octanol–water partition coefficient (Wildman–Crippen LogP) is 2.59. The van der Waals surface area contributed by atoms with Crippen molar-refractivity contribution in [2.45, 2.75) is 32.5 Å². The number of likely N-dealkylation sites (tertiary alicyclic amines) is 1. The highest BCUT2D eigenvalue weighted by atomic mass is 19.4. The first-order valence-corrected chi connectivity index (χ1v) is 8.67. The Bertz CT molecular complexity index is 639. The number of piperazine rings is 1. The molecule has 2 saturated heterocycles. The minimum Gasteiger partial charge on any atom is -0.369 e. The molecule has 0 aromatic heterocycles. The fraction of sp³-hybridized carbons (Fsp3) is 0.611. The number of amides is 1. The summed E-state index contributed by atoms with van der Waals surface area (Å²) in [5.74, 6) is -0.377. The highest BCUT2D eigenvalue weighted by molar-refractivity contribution is 5.84. The number of carbonyl (C=O) groups is 1. The van der Waals surface area contributed by atoms with Gasteiger partial charge in [-0.2, -0.15) is 13.2 Å². The summed E-state index contributed by atoms with van der Waals surface area (Å²) in [7, 11) is 0. The molecular formula is C18H24F3N3O. The van der Waals surface area contributed by atoms with Crippen LogP contribution in [0.4, 0.5) is 18.9 Å². The summed E-state index contributed by atoms with van der Waals surface area (Å²) in [5, 5.41) is 0. The summed E-state index contributed by atoms with van der Waals surface area (Å²) in [4.78, 5) is 17.6. The molecule has 1 aromatic rings. The lowest BCUT2D eigenvalue weighted by molar-refractivity contribution is -0.159. The standard InChI is InChI=1S/C18H24F3N3O/c1-13-4-3-5-15(14(13)2)22-8-10-23(11-9-22)16-6-7-24(17(16)25)12-18(19,20)21/h3-5,16H,6-12H2,1-2H3. The number of carbonyl (C=O) groups excluding carboxylic acids is 1. The maximum Gasteiger partial charge on any atom is 0.406 e. The molecule has 7 heteroatoms. The zero-order valence-corrected chi connectivity index (χ0v) is 14.6. The Balaban J connectivity index is 1.59. The summed E-state index contributed by atoms with van der Waals surface area (Å²) < 4.78 is 37.6. The van der Waals surface area contributed by atoms with E-state index >= 15 is 0 Å². The topological polar surface area (TPSA) is 26.8 Å². The van der Waals surface area contributed by atoms with Gasteiger partial charge in [0, 0.05) is 38.4 Å². The summed E-state index contributed by atoms with van der Waals surface area (Å²) >= 11 is 0. The second-order valence-corrected chi connectivity index (χ2v) is 6.92. The summed E-state index contributed by atoms with van der Waals surface area (Å²) in [6.07, 6.45) is -3.84. The maximum absolute atomic E-state index is 12.5. The van der Waals surface area contributed by atoms with Gasteiger partial charge in [0.1, 0.15) is 6.54 Å². The Morgan fingerprint density at radius 3 is 2.40 bits per heavy atom. The summed E-state index contributed by atoms with van der Waals surface area (Å²) in [6, 6.07) is 5.83.